The van der Waals surface area contributed by atoms with Gasteiger partial charge < -0.3 is 10.6 Å². The van der Waals surface area contributed by atoms with Gasteiger partial charge in [0, 0.05) is 36.5 Å². The summed E-state index contributed by atoms with van der Waals surface area (Å²) < 4.78 is 0. The van der Waals surface area contributed by atoms with Crippen molar-refractivity contribution in [2.45, 2.75) is 57.3 Å². The molecule has 6 heteroatoms. The highest BCUT2D eigenvalue weighted by Gasteiger charge is 2.46. The minimum absolute atomic E-state index is 0.239. The highest BCUT2D eigenvalue weighted by atomic mass is 16.2. The average Bonchev–Trinajstić information content (AvgIpc) is 3.53. The van der Waals surface area contributed by atoms with E-state index in [0.29, 0.717) is 11.7 Å². The molecule has 2 fully saturated rings. The third-order valence-electron chi connectivity index (χ3n) is 7.29. The van der Waals surface area contributed by atoms with Crippen LogP contribution in [0.5, 0.6) is 0 Å². The van der Waals surface area contributed by atoms with Gasteiger partial charge in [-0.3, -0.25) is 9.89 Å². The predicted molar refractivity (Wildman–Crippen MR) is 126 cm³/mol. The van der Waals surface area contributed by atoms with Crippen molar-refractivity contribution in [1.82, 2.24) is 20.1 Å². The lowest BCUT2D eigenvalue weighted by atomic mass is 9.76. The summed E-state index contributed by atoms with van der Waals surface area (Å²) in [4.78, 5) is 20.2. The van der Waals surface area contributed by atoms with E-state index in [0.717, 1.165) is 62.0 Å². The summed E-state index contributed by atoms with van der Waals surface area (Å²) in [6, 6.07) is 10.5. The van der Waals surface area contributed by atoms with Crippen LogP contribution in [-0.4, -0.2) is 39.1 Å². The van der Waals surface area contributed by atoms with Gasteiger partial charge in [-0.2, -0.15) is 5.10 Å². The Balaban J connectivity index is 1.41. The number of nitrogen functional groups attached to an aromatic ring is 1. The second-order valence-corrected chi connectivity index (χ2v) is 9.57. The molecular formula is C26H31N5O. The van der Waals surface area contributed by atoms with Crippen LogP contribution in [0.3, 0.4) is 0 Å². The molecule has 166 valence electrons. The summed E-state index contributed by atoms with van der Waals surface area (Å²) in [5.41, 5.74) is 12.3. The van der Waals surface area contributed by atoms with Gasteiger partial charge in [-0.1, -0.05) is 42.2 Å². The van der Waals surface area contributed by atoms with Gasteiger partial charge in [0.05, 0.1) is 11.6 Å². The Kier molecular flexibility index (Phi) is 5.24. The molecule has 0 spiro atoms. The molecule has 1 atom stereocenters. The Morgan fingerprint density at radius 3 is 2.62 bits per heavy atom. The van der Waals surface area contributed by atoms with E-state index in [1.165, 1.54) is 16.7 Å². The van der Waals surface area contributed by atoms with Gasteiger partial charge >= 0.3 is 0 Å². The van der Waals surface area contributed by atoms with Gasteiger partial charge in [0.25, 0.3) is 0 Å². The molecule has 1 saturated heterocycles. The van der Waals surface area contributed by atoms with Gasteiger partial charge in [0.1, 0.15) is 5.82 Å². The molecule has 1 aliphatic carbocycles. The molecule has 1 saturated carbocycles. The van der Waals surface area contributed by atoms with E-state index in [1.807, 2.05) is 18.3 Å². The van der Waals surface area contributed by atoms with Crippen molar-refractivity contribution in [3.05, 3.63) is 65.1 Å². The lowest BCUT2D eigenvalue weighted by molar-refractivity contribution is -0.136. The third-order valence-corrected chi connectivity index (χ3v) is 7.29. The monoisotopic (exact) mass is 429 g/mol. The van der Waals surface area contributed by atoms with Crippen LogP contribution in [0.4, 0.5) is 5.82 Å². The maximum atomic E-state index is 14.0. The van der Waals surface area contributed by atoms with E-state index in [9.17, 15) is 4.79 Å². The number of carbonyl (C=O) groups is 1. The summed E-state index contributed by atoms with van der Waals surface area (Å²) in [6.45, 7) is 5.76. The zero-order valence-corrected chi connectivity index (χ0v) is 18.9. The molecule has 6 nitrogen and oxygen atoms in total. The van der Waals surface area contributed by atoms with Crippen LogP contribution in [0.25, 0.3) is 11.1 Å². The van der Waals surface area contributed by atoms with Gasteiger partial charge in [-0.05, 0) is 56.4 Å². The van der Waals surface area contributed by atoms with E-state index in [4.69, 9.17) is 5.73 Å². The Bertz CT molecular complexity index is 1120. The van der Waals surface area contributed by atoms with E-state index < -0.39 is 0 Å². The van der Waals surface area contributed by atoms with Crippen LogP contribution in [0.1, 0.15) is 60.4 Å². The van der Waals surface area contributed by atoms with Gasteiger partial charge in [-0.25, -0.2) is 4.98 Å². The van der Waals surface area contributed by atoms with Crippen LogP contribution in [0, 0.1) is 13.8 Å². The Morgan fingerprint density at radius 1 is 1.16 bits per heavy atom. The fourth-order valence-electron chi connectivity index (χ4n) is 5.79. The smallest absolute Gasteiger partial charge is 0.233 e. The lowest BCUT2D eigenvalue weighted by Gasteiger charge is -2.33. The fraction of sp³-hybridized carbons (Fsp3) is 0.423. The number of nitrogens with two attached hydrogens (primary N) is 1. The molecule has 2 aromatic heterocycles. The van der Waals surface area contributed by atoms with Crippen molar-refractivity contribution in [2.24, 2.45) is 0 Å². The number of nitrogens with one attached hydrogen (secondary N) is 1. The Hall–Kier alpha value is -3.15. The molecule has 2 aliphatic rings. The lowest BCUT2D eigenvalue weighted by Crippen LogP contribution is -2.44. The number of anilines is 1. The predicted octanol–water partition coefficient (Wildman–Crippen LogP) is 4.50. The van der Waals surface area contributed by atoms with Gasteiger partial charge in [0.15, 0.2) is 0 Å². The van der Waals surface area contributed by atoms with Crippen LogP contribution in [-0.2, 0) is 10.2 Å². The first kappa shape index (κ1) is 20.7. The van der Waals surface area contributed by atoms with Crippen molar-refractivity contribution in [1.29, 1.82) is 0 Å². The SMILES string of the molecule is Cc1cc(C)cc(C2(C(=O)N3CCC(c4[nH]ncc4-c4ccnc(N)c4)C3)CCCC2)c1. The molecule has 1 aromatic carbocycles. The van der Waals surface area contributed by atoms with Crippen LogP contribution < -0.4 is 5.73 Å². The topological polar surface area (TPSA) is 87.9 Å². The molecule has 3 aromatic rings. The molecular weight excluding hydrogens is 398 g/mol. The molecule has 32 heavy (non-hydrogen) atoms. The summed E-state index contributed by atoms with van der Waals surface area (Å²) in [7, 11) is 0. The molecule has 3 heterocycles. The standard InChI is InChI=1S/C26H31N5O/c1-17-11-18(2)13-21(12-17)26(7-3-4-8-26)25(32)31-10-6-20(16-31)24-22(15-29-30-24)19-5-9-28-23(27)14-19/h5,9,11-15,20H,3-4,6-8,10,16H2,1-2H3,(H2,27,28)(H,29,30). The number of H-pyrrole nitrogens is 1. The van der Waals surface area contributed by atoms with E-state index >= 15 is 0 Å². The average molecular weight is 430 g/mol. The number of hydrogen-bond acceptors (Lipinski definition) is 4. The number of rotatable bonds is 4. The zero-order chi connectivity index (χ0) is 22.3. The molecule has 0 radical (unpaired) electrons. The summed E-state index contributed by atoms with van der Waals surface area (Å²) in [5, 5.41) is 7.51. The highest BCUT2D eigenvalue weighted by Crippen LogP contribution is 2.45. The van der Waals surface area contributed by atoms with Crippen LogP contribution >= 0.6 is 0 Å². The number of amides is 1. The normalized spacial score (nSPS) is 20.1. The maximum absolute atomic E-state index is 14.0. The van der Waals surface area contributed by atoms with Crippen molar-refractivity contribution in [3.63, 3.8) is 0 Å². The first-order chi connectivity index (χ1) is 15.5. The highest BCUT2D eigenvalue weighted by molar-refractivity contribution is 5.89. The summed E-state index contributed by atoms with van der Waals surface area (Å²) >= 11 is 0. The van der Waals surface area contributed by atoms with Crippen LogP contribution in [0.2, 0.25) is 0 Å². The second kappa shape index (κ2) is 8.08. The zero-order valence-electron chi connectivity index (χ0n) is 18.9. The minimum Gasteiger partial charge on any atom is -0.384 e. The number of aryl methyl sites for hydroxylation is 2. The number of benzene rings is 1. The van der Waals surface area contributed by atoms with Crippen molar-refractivity contribution >= 4 is 11.7 Å². The Morgan fingerprint density at radius 2 is 1.91 bits per heavy atom. The van der Waals surface area contributed by atoms with E-state index in [-0.39, 0.29) is 11.3 Å². The molecule has 1 unspecified atom stereocenters. The number of nitrogens with zero attached hydrogens (tertiary/aromatic N) is 3. The first-order valence-corrected chi connectivity index (χ1v) is 11.6. The van der Waals surface area contributed by atoms with E-state index in [1.54, 1.807) is 6.20 Å². The molecule has 1 amide bonds. The number of aromatic amines is 1. The van der Waals surface area contributed by atoms with Gasteiger partial charge in [-0.15, -0.1) is 0 Å². The quantitative estimate of drug-likeness (QED) is 0.639. The third kappa shape index (κ3) is 3.57. The van der Waals surface area contributed by atoms with Crippen molar-refractivity contribution in [2.75, 3.05) is 18.8 Å². The number of carbonyl (C=O) groups excluding carboxylic acids is 1. The van der Waals surface area contributed by atoms with Crippen LogP contribution in [0.15, 0.2) is 42.7 Å². The van der Waals surface area contributed by atoms with Crippen molar-refractivity contribution in [3.8, 4) is 11.1 Å². The van der Waals surface area contributed by atoms with Crippen molar-refractivity contribution < 1.29 is 4.79 Å². The Labute approximate surface area is 189 Å². The number of hydrogen-bond donors (Lipinski definition) is 2. The fourth-order valence-corrected chi connectivity index (χ4v) is 5.79. The first-order valence-electron chi connectivity index (χ1n) is 11.6. The minimum atomic E-state index is -0.373. The molecule has 1 aliphatic heterocycles. The number of pyridine rings is 1. The second-order valence-electron chi connectivity index (χ2n) is 9.57. The summed E-state index contributed by atoms with van der Waals surface area (Å²) in [5.74, 6) is 1.04. The largest absolute Gasteiger partial charge is 0.384 e. The maximum Gasteiger partial charge on any atom is 0.233 e. The molecule has 3 N–H and O–H groups in total. The molecule has 5 rings (SSSR count). The van der Waals surface area contributed by atoms with E-state index in [2.05, 4.69) is 52.1 Å². The van der Waals surface area contributed by atoms with Gasteiger partial charge in [0.2, 0.25) is 5.91 Å². The number of aromatic nitrogens is 3. The number of likely N-dealkylation sites (tertiary alicyclic amines) is 1. The summed E-state index contributed by atoms with van der Waals surface area (Å²) in [6.07, 6.45) is 8.63. The molecule has 0 bridgehead atoms.